The Balaban J connectivity index is 2.13. The van der Waals surface area contributed by atoms with E-state index < -0.39 is 0 Å². The zero-order valence-electron chi connectivity index (χ0n) is 13.1. The number of aromatic nitrogens is 1. The van der Waals surface area contributed by atoms with Crippen LogP contribution in [0.25, 0.3) is 0 Å². The van der Waals surface area contributed by atoms with Gasteiger partial charge in [0.2, 0.25) is 0 Å². The molecule has 0 aliphatic heterocycles. The lowest BCUT2D eigenvalue weighted by atomic mass is 9.98. The highest BCUT2D eigenvalue weighted by molar-refractivity contribution is 5.44. The maximum atomic E-state index is 6.05. The first kappa shape index (κ1) is 15.4. The van der Waals surface area contributed by atoms with E-state index in [1.807, 2.05) is 18.2 Å². The number of nitrogens with one attached hydrogen (secondary N) is 1. The highest BCUT2D eigenvalue weighted by Gasteiger charge is 2.10. The SMILES string of the molecule is CCNc1ncccc1COc1ccccc1C(C)CC. The van der Waals surface area contributed by atoms with Crippen molar-refractivity contribution in [1.82, 2.24) is 4.98 Å². The van der Waals surface area contributed by atoms with Gasteiger partial charge in [-0.25, -0.2) is 4.98 Å². The Kier molecular flexibility index (Phi) is 5.61. The van der Waals surface area contributed by atoms with Crippen LogP contribution in [-0.2, 0) is 6.61 Å². The number of ether oxygens (including phenoxy) is 1. The number of hydrogen-bond acceptors (Lipinski definition) is 3. The van der Waals surface area contributed by atoms with E-state index in [-0.39, 0.29) is 0 Å². The lowest BCUT2D eigenvalue weighted by Gasteiger charge is -2.16. The summed E-state index contributed by atoms with van der Waals surface area (Å²) >= 11 is 0. The zero-order chi connectivity index (χ0) is 15.1. The molecular weight excluding hydrogens is 260 g/mol. The lowest BCUT2D eigenvalue weighted by molar-refractivity contribution is 0.301. The van der Waals surface area contributed by atoms with Gasteiger partial charge >= 0.3 is 0 Å². The predicted molar refractivity (Wildman–Crippen MR) is 87.9 cm³/mol. The maximum Gasteiger partial charge on any atom is 0.132 e. The van der Waals surface area contributed by atoms with E-state index in [1.54, 1.807) is 6.20 Å². The molecule has 0 amide bonds. The summed E-state index contributed by atoms with van der Waals surface area (Å²) in [6.07, 6.45) is 2.91. The third kappa shape index (κ3) is 3.97. The fourth-order valence-corrected chi connectivity index (χ4v) is 2.28. The molecule has 1 heterocycles. The Morgan fingerprint density at radius 1 is 1.14 bits per heavy atom. The number of pyridine rings is 1. The Labute approximate surface area is 127 Å². The molecular formula is C18H24N2O. The average Bonchev–Trinajstić information content (AvgIpc) is 2.54. The molecule has 112 valence electrons. The van der Waals surface area contributed by atoms with Crippen LogP contribution in [-0.4, -0.2) is 11.5 Å². The van der Waals surface area contributed by atoms with Crippen molar-refractivity contribution in [3.8, 4) is 5.75 Å². The van der Waals surface area contributed by atoms with E-state index in [4.69, 9.17) is 4.74 Å². The van der Waals surface area contributed by atoms with Gasteiger partial charge in [-0.15, -0.1) is 0 Å². The first-order valence-electron chi connectivity index (χ1n) is 7.65. The van der Waals surface area contributed by atoms with Crippen molar-refractivity contribution in [3.05, 3.63) is 53.7 Å². The zero-order valence-corrected chi connectivity index (χ0v) is 13.1. The predicted octanol–water partition coefficient (Wildman–Crippen LogP) is 4.61. The van der Waals surface area contributed by atoms with Gasteiger partial charge in [0.25, 0.3) is 0 Å². The van der Waals surface area contributed by atoms with Gasteiger partial charge in [-0.3, -0.25) is 0 Å². The number of hydrogen-bond donors (Lipinski definition) is 1. The smallest absolute Gasteiger partial charge is 0.132 e. The molecule has 1 aromatic heterocycles. The summed E-state index contributed by atoms with van der Waals surface area (Å²) in [6, 6.07) is 12.3. The molecule has 2 rings (SSSR count). The molecule has 3 nitrogen and oxygen atoms in total. The van der Waals surface area contributed by atoms with Gasteiger partial charge in [0.1, 0.15) is 18.2 Å². The van der Waals surface area contributed by atoms with Crippen molar-refractivity contribution in [2.45, 2.75) is 39.7 Å². The second kappa shape index (κ2) is 7.67. The van der Waals surface area contributed by atoms with Crippen molar-refractivity contribution >= 4 is 5.82 Å². The summed E-state index contributed by atoms with van der Waals surface area (Å²) in [5.41, 5.74) is 2.35. The van der Waals surface area contributed by atoms with E-state index in [9.17, 15) is 0 Å². The fourth-order valence-electron chi connectivity index (χ4n) is 2.28. The van der Waals surface area contributed by atoms with Crippen molar-refractivity contribution in [1.29, 1.82) is 0 Å². The first-order chi connectivity index (χ1) is 10.3. The van der Waals surface area contributed by atoms with Gasteiger partial charge < -0.3 is 10.1 Å². The fraction of sp³-hybridized carbons (Fsp3) is 0.389. The summed E-state index contributed by atoms with van der Waals surface area (Å²) in [6.45, 7) is 7.89. The topological polar surface area (TPSA) is 34.2 Å². The molecule has 0 saturated heterocycles. The van der Waals surface area contributed by atoms with E-state index in [1.165, 1.54) is 5.56 Å². The quantitative estimate of drug-likeness (QED) is 0.806. The molecule has 0 aliphatic carbocycles. The summed E-state index contributed by atoms with van der Waals surface area (Å²) in [5.74, 6) is 2.38. The highest BCUT2D eigenvalue weighted by Crippen LogP contribution is 2.29. The van der Waals surface area contributed by atoms with Crippen LogP contribution in [0.3, 0.4) is 0 Å². The molecule has 1 unspecified atom stereocenters. The molecule has 1 atom stereocenters. The minimum atomic E-state index is 0.503. The molecule has 0 aliphatic rings. The molecule has 21 heavy (non-hydrogen) atoms. The number of para-hydroxylation sites is 1. The molecule has 0 fully saturated rings. The largest absolute Gasteiger partial charge is 0.488 e. The van der Waals surface area contributed by atoms with E-state index in [2.05, 4.69) is 49.3 Å². The normalized spacial score (nSPS) is 12.0. The van der Waals surface area contributed by atoms with Gasteiger partial charge in [-0.1, -0.05) is 38.1 Å². The van der Waals surface area contributed by atoms with Crippen LogP contribution in [0.1, 0.15) is 44.2 Å². The Hall–Kier alpha value is -2.03. The summed E-state index contributed by atoms with van der Waals surface area (Å²) in [4.78, 5) is 4.36. The van der Waals surface area contributed by atoms with Gasteiger partial charge in [-0.2, -0.15) is 0 Å². The van der Waals surface area contributed by atoms with Gasteiger partial charge in [0.05, 0.1) is 0 Å². The van der Waals surface area contributed by atoms with Crippen LogP contribution in [0.2, 0.25) is 0 Å². The number of rotatable bonds is 7. The monoisotopic (exact) mass is 284 g/mol. The van der Waals surface area contributed by atoms with Gasteiger partial charge in [-0.05, 0) is 37.0 Å². The molecule has 0 bridgehead atoms. The molecule has 3 heteroatoms. The third-order valence-electron chi connectivity index (χ3n) is 3.68. The minimum Gasteiger partial charge on any atom is -0.488 e. The van der Waals surface area contributed by atoms with Crippen LogP contribution in [0, 0.1) is 0 Å². The average molecular weight is 284 g/mol. The van der Waals surface area contributed by atoms with Crippen molar-refractivity contribution in [2.24, 2.45) is 0 Å². The van der Waals surface area contributed by atoms with Crippen molar-refractivity contribution < 1.29 is 4.74 Å². The van der Waals surface area contributed by atoms with Crippen molar-refractivity contribution in [2.75, 3.05) is 11.9 Å². The van der Waals surface area contributed by atoms with Crippen LogP contribution in [0.5, 0.6) is 5.75 Å². The standard InChI is InChI=1S/C18H24N2O/c1-4-14(3)16-10-6-7-11-17(16)21-13-15-9-8-12-20-18(15)19-5-2/h6-12,14H,4-5,13H2,1-3H3,(H,19,20). The molecule has 2 aromatic rings. The van der Waals surface area contributed by atoms with Gasteiger partial charge in [0, 0.05) is 18.3 Å². The Bertz CT molecular complexity index is 569. The molecule has 0 radical (unpaired) electrons. The van der Waals surface area contributed by atoms with E-state index >= 15 is 0 Å². The molecule has 0 saturated carbocycles. The summed E-state index contributed by atoms with van der Waals surface area (Å²) in [5, 5.41) is 3.27. The number of anilines is 1. The third-order valence-corrected chi connectivity index (χ3v) is 3.68. The van der Waals surface area contributed by atoms with Crippen molar-refractivity contribution in [3.63, 3.8) is 0 Å². The Morgan fingerprint density at radius 3 is 2.71 bits per heavy atom. The lowest BCUT2D eigenvalue weighted by Crippen LogP contribution is -2.06. The minimum absolute atomic E-state index is 0.503. The maximum absolute atomic E-state index is 6.05. The van der Waals surface area contributed by atoms with E-state index in [0.717, 1.165) is 30.1 Å². The van der Waals surface area contributed by atoms with Crippen LogP contribution in [0.15, 0.2) is 42.6 Å². The molecule has 1 N–H and O–H groups in total. The number of nitrogens with zero attached hydrogens (tertiary/aromatic N) is 1. The summed E-state index contributed by atoms with van der Waals surface area (Å²) < 4.78 is 6.05. The van der Waals surface area contributed by atoms with E-state index in [0.29, 0.717) is 12.5 Å². The molecule has 0 spiro atoms. The second-order valence-electron chi connectivity index (χ2n) is 5.18. The second-order valence-corrected chi connectivity index (χ2v) is 5.18. The van der Waals surface area contributed by atoms with Crippen LogP contribution in [0.4, 0.5) is 5.82 Å². The summed E-state index contributed by atoms with van der Waals surface area (Å²) in [7, 11) is 0. The number of benzene rings is 1. The Morgan fingerprint density at radius 2 is 1.95 bits per heavy atom. The molecule has 1 aromatic carbocycles. The van der Waals surface area contributed by atoms with Gasteiger partial charge in [0.15, 0.2) is 0 Å². The van der Waals surface area contributed by atoms with Crippen LogP contribution < -0.4 is 10.1 Å². The highest BCUT2D eigenvalue weighted by atomic mass is 16.5. The first-order valence-corrected chi connectivity index (χ1v) is 7.65. The van der Waals surface area contributed by atoms with Crippen LogP contribution >= 0.6 is 0 Å².